The highest BCUT2D eigenvalue weighted by atomic mass is 32.2. The Hall–Kier alpha value is -3.25. The first-order chi connectivity index (χ1) is 16.3. The van der Waals surface area contributed by atoms with Gasteiger partial charge in [0.15, 0.2) is 5.78 Å². The summed E-state index contributed by atoms with van der Waals surface area (Å²) in [5.74, 6) is 0.211. The largest absolute Gasteiger partial charge is 0.489 e. The molecular formula is C23H27N5O5S. The molecule has 0 bridgehead atoms. The van der Waals surface area contributed by atoms with Crippen molar-refractivity contribution >= 4 is 27.4 Å². The number of fused-ring (bicyclic) bond motifs is 1. The molecular weight excluding hydrogens is 458 g/mol. The molecule has 0 unspecified atom stereocenters. The monoisotopic (exact) mass is 485 g/mol. The summed E-state index contributed by atoms with van der Waals surface area (Å²) in [6.45, 7) is 0.517. The minimum Gasteiger partial charge on any atom is -0.489 e. The smallest absolute Gasteiger partial charge is 0.282 e. The maximum absolute atomic E-state index is 13.3. The van der Waals surface area contributed by atoms with Crippen LogP contribution in [0.1, 0.15) is 16.1 Å². The van der Waals surface area contributed by atoms with Crippen molar-refractivity contribution in [1.29, 1.82) is 0 Å². The molecule has 0 saturated carbocycles. The van der Waals surface area contributed by atoms with Crippen LogP contribution in [-0.2, 0) is 21.5 Å². The Morgan fingerprint density at radius 2 is 1.91 bits per heavy atom. The molecule has 0 atom stereocenters. The molecule has 1 aliphatic rings. The minimum atomic E-state index is -3.77. The van der Waals surface area contributed by atoms with E-state index in [0.29, 0.717) is 47.2 Å². The summed E-state index contributed by atoms with van der Waals surface area (Å²) < 4.78 is 38.7. The summed E-state index contributed by atoms with van der Waals surface area (Å²) in [4.78, 5) is 20.7. The lowest BCUT2D eigenvalue weighted by Gasteiger charge is -2.28. The van der Waals surface area contributed by atoms with Crippen molar-refractivity contribution in [2.45, 2.75) is 6.54 Å². The van der Waals surface area contributed by atoms with E-state index in [1.54, 1.807) is 25.6 Å². The summed E-state index contributed by atoms with van der Waals surface area (Å²) in [6.07, 6.45) is 3.23. The number of methoxy groups -OCH3 is 1. The number of aromatic nitrogens is 2. The van der Waals surface area contributed by atoms with Crippen LogP contribution in [0.25, 0.3) is 11.3 Å². The van der Waals surface area contributed by atoms with Crippen LogP contribution < -0.4 is 10.1 Å². The highest BCUT2D eigenvalue weighted by Gasteiger charge is 2.37. The quantitative estimate of drug-likeness (QED) is 0.448. The third-order valence-electron chi connectivity index (χ3n) is 5.44. The normalized spacial score (nSPS) is 14.3. The third-order valence-corrected chi connectivity index (χ3v) is 7.27. The zero-order chi connectivity index (χ0) is 24.3. The molecule has 180 valence electrons. The van der Waals surface area contributed by atoms with Gasteiger partial charge in [-0.05, 0) is 18.2 Å². The van der Waals surface area contributed by atoms with Gasteiger partial charge < -0.3 is 19.8 Å². The number of hydrogen-bond acceptors (Lipinski definition) is 7. The Morgan fingerprint density at radius 3 is 2.62 bits per heavy atom. The van der Waals surface area contributed by atoms with Crippen molar-refractivity contribution in [2.24, 2.45) is 0 Å². The molecule has 0 amide bonds. The average Bonchev–Trinajstić information content (AvgIpc) is 3.18. The first kappa shape index (κ1) is 23.9. The van der Waals surface area contributed by atoms with Crippen LogP contribution in [0.15, 0.2) is 48.8 Å². The van der Waals surface area contributed by atoms with Crippen molar-refractivity contribution < 1.29 is 22.7 Å². The molecule has 1 aliphatic heterocycles. The number of ether oxygens (including phenoxy) is 2. The van der Waals surface area contributed by atoms with Gasteiger partial charge in [-0.15, -0.1) is 0 Å². The van der Waals surface area contributed by atoms with E-state index in [-0.39, 0.29) is 18.9 Å². The first-order valence-electron chi connectivity index (χ1n) is 10.7. The minimum absolute atomic E-state index is 0.0377. The molecule has 0 radical (unpaired) electrons. The number of hydrogen-bond donors (Lipinski definition) is 2. The van der Waals surface area contributed by atoms with Crippen molar-refractivity contribution in [1.82, 2.24) is 18.6 Å². The molecule has 10 nitrogen and oxygen atoms in total. The standard InChI is InChI=1S/C23H27N5O5S/c1-27(2)34(30,31)28-14-18-21(19(29)15-28)23(25-16-7-5-4-6-8-16)22(26-18)17-9-10-24-13-20(17)33-12-11-32-3/h4-10,13,25-26H,11-12,14-15H2,1-3H3. The van der Waals surface area contributed by atoms with E-state index in [1.807, 2.05) is 30.3 Å². The molecule has 3 aromatic rings. The van der Waals surface area contributed by atoms with E-state index in [1.165, 1.54) is 14.1 Å². The number of benzene rings is 1. The molecule has 0 aliphatic carbocycles. The van der Waals surface area contributed by atoms with Crippen LogP contribution in [0.4, 0.5) is 11.4 Å². The fourth-order valence-electron chi connectivity index (χ4n) is 3.77. The fourth-order valence-corrected chi connectivity index (χ4v) is 4.81. The lowest BCUT2D eigenvalue weighted by atomic mass is 10.0. The second-order valence-corrected chi connectivity index (χ2v) is 10.1. The van der Waals surface area contributed by atoms with E-state index < -0.39 is 10.2 Å². The van der Waals surface area contributed by atoms with Gasteiger partial charge in [-0.25, -0.2) is 0 Å². The molecule has 2 N–H and O–H groups in total. The van der Waals surface area contributed by atoms with Gasteiger partial charge in [-0.2, -0.15) is 17.0 Å². The highest BCUT2D eigenvalue weighted by molar-refractivity contribution is 7.86. The van der Waals surface area contributed by atoms with E-state index in [9.17, 15) is 13.2 Å². The van der Waals surface area contributed by atoms with E-state index in [2.05, 4.69) is 15.3 Å². The lowest BCUT2D eigenvalue weighted by molar-refractivity contribution is 0.0947. The van der Waals surface area contributed by atoms with Crippen molar-refractivity contribution in [3.63, 3.8) is 0 Å². The molecule has 2 aromatic heterocycles. The van der Waals surface area contributed by atoms with Gasteiger partial charge in [0.1, 0.15) is 12.4 Å². The summed E-state index contributed by atoms with van der Waals surface area (Å²) in [5.41, 5.74) is 3.60. The van der Waals surface area contributed by atoms with E-state index in [4.69, 9.17) is 9.47 Å². The second kappa shape index (κ2) is 9.94. The van der Waals surface area contributed by atoms with Crippen LogP contribution in [0.5, 0.6) is 5.75 Å². The van der Waals surface area contributed by atoms with Gasteiger partial charge in [0, 0.05) is 44.3 Å². The number of nitrogens with one attached hydrogen (secondary N) is 2. The SMILES string of the molecule is COCCOc1cnccc1-c1[nH]c2c(c1Nc1ccccc1)C(=O)CN(S(=O)(=O)N(C)C)C2. The van der Waals surface area contributed by atoms with Crippen LogP contribution in [0, 0.1) is 0 Å². The van der Waals surface area contributed by atoms with Gasteiger partial charge in [-0.1, -0.05) is 18.2 Å². The Bertz CT molecular complexity index is 1270. The van der Waals surface area contributed by atoms with Gasteiger partial charge in [0.2, 0.25) is 0 Å². The molecule has 4 rings (SSSR count). The Kier molecular flexibility index (Phi) is 6.98. The van der Waals surface area contributed by atoms with Gasteiger partial charge in [-0.3, -0.25) is 9.78 Å². The lowest BCUT2D eigenvalue weighted by Crippen LogP contribution is -2.44. The van der Waals surface area contributed by atoms with Crippen molar-refractivity contribution in [3.8, 4) is 17.0 Å². The van der Waals surface area contributed by atoms with Gasteiger partial charge >= 0.3 is 0 Å². The molecule has 34 heavy (non-hydrogen) atoms. The number of nitrogens with zero attached hydrogens (tertiary/aromatic N) is 3. The summed E-state index contributed by atoms with van der Waals surface area (Å²) in [7, 11) is 0.708. The number of rotatable bonds is 9. The summed E-state index contributed by atoms with van der Waals surface area (Å²) in [5, 5.41) is 3.35. The van der Waals surface area contributed by atoms with Crippen molar-refractivity contribution in [2.75, 3.05) is 46.3 Å². The second-order valence-electron chi connectivity index (χ2n) is 7.91. The zero-order valence-corrected chi connectivity index (χ0v) is 20.1. The summed E-state index contributed by atoms with van der Waals surface area (Å²) in [6, 6.07) is 11.2. The molecule has 1 aromatic carbocycles. The van der Waals surface area contributed by atoms with Crippen LogP contribution in [-0.4, -0.2) is 73.7 Å². The van der Waals surface area contributed by atoms with Gasteiger partial charge in [0.25, 0.3) is 10.2 Å². The predicted octanol–water partition coefficient (Wildman–Crippen LogP) is 2.65. The Morgan fingerprint density at radius 1 is 1.15 bits per heavy atom. The van der Waals surface area contributed by atoms with Crippen LogP contribution in [0.3, 0.4) is 0 Å². The Labute approximate surface area is 198 Å². The third kappa shape index (κ3) is 4.68. The number of H-pyrrole nitrogens is 1. The molecule has 0 fully saturated rings. The number of para-hydroxylation sites is 1. The Balaban J connectivity index is 1.83. The van der Waals surface area contributed by atoms with Crippen LogP contribution in [0.2, 0.25) is 0 Å². The van der Waals surface area contributed by atoms with Crippen LogP contribution >= 0.6 is 0 Å². The molecule has 3 heterocycles. The fraction of sp³-hybridized carbons (Fsp3) is 0.304. The maximum Gasteiger partial charge on any atom is 0.282 e. The highest BCUT2D eigenvalue weighted by Crippen LogP contribution is 2.41. The molecule has 0 spiro atoms. The average molecular weight is 486 g/mol. The predicted molar refractivity (Wildman–Crippen MR) is 128 cm³/mol. The number of ketones is 1. The topological polar surface area (TPSA) is 117 Å². The molecule has 11 heteroatoms. The number of aromatic amines is 1. The number of carbonyl (C=O) groups excluding carboxylic acids is 1. The molecule has 0 saturated heterocycles. The summed E-state index contributed by atoms with van der Waals surface area (Å²) >= 11 is 0. The number of pyridine rings is 1. The number of anilines is 2. The zero-order valence-electron chi connectivity index (χ0n) is 19.2. The van der Waals surface area contributed by atoms with Gasteiger partial charge in [0.05, 0.1) is 42.8 Å². The van der Waals surface area contributed by atoms with Crippen molar-refractivity contribution in [3.05, 3.63) is 60.0 Å². The maximum atomic E-state index is 13.3. The van der Waals surface area contributed by atoms with E-state index in [0.717, 1.165) is 14.3 Å². The van der Waals surface area contributed by atoms with E-state index >= 15 is 0 Å². The number of Topliss-reactive ketones (excluding diaryl/α,β-unsaturated/α-hetero) is 1. The first-order valence-corrected chi connectivity index (χ1v) is 12.1. The number of carbonyl (C=O) groups is 1.